The Hall–Kier alpha value is -5.29. The summed E-state index contributed by atoms with van der Waals surface area (Å²) in [5.41, 5.74) is 8.22. The molecule has 0 aliphatic heterocycles. The van der Waals surface area contributed by atoms with Crippen molar-refractivity contribution in [1.82, 2.24) is 46.2 Å². The molecule has 477 valence electrons. The van der Waals surface area contributed by atoms with Crippen LogP contribution in [0, 0.1) is 7.11 Å². The number of carbonyl (C=O) groups excluding carboxylic acids is 5. The number of carbonyl (C=O) groups is 5. The molecule has 0 aliphatic carbocycles. The number of hydrazine groups is 1. The zero-order valence-corrected chi connectivity index (χ0v) is 60.2. The van der Waals surface area contributed by atoms with Crippen LogP contribution in [0.15, 0.2) is 143 Å². The number of pyridine rings is 1. The van der Waals surface area contributed by atoms with Gasteiger partial charge in [0, 0.05) is 82.1 Å². The number of aliphatic carboxylic acids is 2. The number of amides is 3. The van der Waals surface area contributed by atoms with Gasteiger partial charge in [0.05, 0.1) is 85.4 Å². The van der Waals surface area contributed by atoms with E-state index in [2.05, 4.69) is 68.8 Å². The number of hydrogen-bond acceptors (Lipinski definition) is 25. The first-order chi connectivity index (χ1) is 42.3. The number of aliphatic hydroxyl groups is 2. The second-order valence-corrected chi connectivity index (χ2v) is 22.2. The smallest absolute Gasteiger partial charge is 0.744 e. The normalized spacial score (nSPS) is 11.5. The predicted octanol–water partition coefficient (Wildman–Crippen LogP) is -11.6. The Morgan fingerprint density at radius 2 is 1.36 bits per heavy atom. The number of fused-ring (bicyclic) bond motifs is 1. The zero-order chi connectivity index (χ0) is 63.9. The van der Waals surface area contributed by atoms with Crippen molar-refractivity contribution >= 4 is 92.2 Å². The van der Waals surface area contributed by atoms with Crippen LogP contribution in [0.1, 0.15) is 45.7 Å². The molecule has 2 unspecified atom stereocenters. The Bertz CT molecular complexity index is 3510. The molecule has 2 atom stereocenters. The van der Waals surface area contributed by atoms with Gasteiger partial charge in [-0.15, -0.1) is 0 Å². The van der Waals surface area contributed by atoms with Gasteiger partial charge in [-0.3, -0.25) is 24.2 Å². The molecule has 0 fully saturated rings. The number of aromatic nitrogens is 5. The van der Waals surface area contributed by atoms with Gasteiger partial charge < -0.3 is 86.5 Å². The number of rotatable bonds is 32. The molecule has 0 aliphatic rings. The molecule has 3 amide bonds. The second-order valence-electron chi connectivity index (χ2n) is 18.6. The van der Waals surface area contributed by atoms with Crippen molar-refractivity contribution in [1.29, 1.82) is 0 Å². The fourth-order valence-electron chi connectivity index (χ4n) is 7.88. The Kier molecular flexibility index (Phi) is 41.6. The third kappa shape index (κ3) is 29.1. The summed E-state index contributed by atoms with van der Waals surface area (Å²) in [7, 11) is -2.51. The summed E-state index contributed by atoms with van der Waals surface area (Å²) in [4.78, 5) is 89.3. The van der Waals surface area contributed by atoms with Gasteiger partial charge in [0.2, 0.25) is 11.9 Å². The van der Waals surface area contributed by atoms with Crippen molar-refractivity contribution in [2.45, 2.75) is 42.3 Å². The minimum Gasteiger partial charge on any atom is -0.744 e. The summed E-state index contributed by atoms with van der Waals surface area (Å²) in [6.07, 6.45) is 2.66. The molecule has 0 saturated carbocycles. The molecule has 29 nitrogen and oxygen atoms in total. The van der Waals surface area contributed by atoms with Crippen LogP contribution in [0.4, 0.5) is 17.5 Å². The minimum absolute atomic E-state index is 0. The molecule has 13 N–H and O–H groups in total. The first kappa shape index (κ1) is 84.7. The van der Waals surface area contributed by atoms with Crippen LogP contribution in [-0.4, -0.2) is 155 Å². The second kappa shape index (κ2) is 45.2. The van der Waals surface area contributed by atoms with Gasteiger partial charge in [0.15, 0.2) is 11.2 Å². The molecule has 92 heavy (non-hydrogen) atoms. The van der Waals surface area contributed by atoms with E-state index in [0.29, 0.717) is 28.1 Å². The van der Waals surface area contributed by atoms with E-state index < -0.39 is 65.5 Å². The number of aliphatic hydroxyl groups excluding tert-OH is 2. The van der Waals surface area contributed by atoms with Crippen LogP contribution in [0.5, 0.6) is 0 Å². The number of ether oxygens (including phenoxy) is 3. The van der Waals surface area contributed by atoms with Gasteiger partial charge >= 0.3 is 88.7 Å². The van der Waals surface area contributed by atoms with Crippen molar-refractivity contribution < 1.29 is 180 Å². The number of carboxylic acid groups (broad SMARTS) is 2. The van der Waals surface area contributed by atoms with E-state index in [1.807, 2.05) is 60.7 Å². The molecule has 4 aromatic carbocycles. The number of hydrogen-bond donors (Lipinski definition) is 11. The van der Waals surface area contributed by atoms with Gasteiger partial charge in [0.1, 0.15) is 15.9 Å². The fraction of sp³-hybridized carbons (Fsp3) is 0.281. The largest absolute Gasteiger partial charge is 1.00 e. The molecule has 0 bridgehead atoms. The minimum atomic E-state index is -4.53. The number of nitrogens with one attached hydrogen (secondary N) is 7. The predicted molar refractivity (Wildman–Crippen MR) is 320 cm³/mol. The van der Waals surface area contributed by atoms with Crippen molar-refractivity contribution in [3.8, 4) is 0 Å². The first-order valence-corrected chi connectivity index (χ1v) is 29.5. The number of carboxylic acids is 2. The molecule has 0 spiro atoms. The number of nitrogen functional groups attached to an aromatic ring is 2. The Morgan fingerprint density at radius 3 is 1.90 bits per heavy atom. The molecular formula is C57H66N13Na3O16PSTc-. The molecule has 7 rings (SSSR count). The molecule has 1 radical (unpaired) electrons. The first-order valence-electron chi connectivity index (χ1n) is 26.8. The van der Waals surface area contributed by atoms with Crippen molar-refractivity contribution in [2.75, 3.05) is 82.4 Å². The average molecular weight is 1420 g/mol. The fourth-order valence-corrected chi connectivity index (χ4v) is 11.4. The number of anilines is 3. The maximum Gasteiger partial charge on any atom is 1.00 e. The standard InChI is InChI=1S/C31H38N12O8.C18H15O3PS.C8H16NO5.3Na.Tc/c32-31-41-26-25(29(47)42-31)39-21(17-38-26)16-36-20-4-1-18(2-5-20)28(46)40-22(30(48)49)6-8-24(44)34-9-11-50-13-14-51-12-10-35-27(45)19-3-7-23(43-33)37-15-19;19-23(20,21)18-14-8-7-13-17(18)22(15-9-3-1-4-10-15)16-11-5-2-6-12-16;1-14-6-8(5-11,2-3-10)9-4-7(12)13;;;;/h1-5,7,15,17,22,36H,6,8-14,16,33H2,(H,34,44)(H,35,45)(H,37,43)(H,40,46)(H,48,49)(H3,32,38,41,42,47);1-14H,(H,19,20,21);9-11H,1-6H2,(H,12,13);;;;/q;;-1;3*+1;/p-3/i;;;;;;1+1. The van der Waals surface area contributed by atoms with Crippen LogP contribution in [0.2, 0.25) is 0 Å². The summed E-state index contributed by atoms with van der Waals surface area (Å²) in [6.45, 7) is 0.724. The third-order valence-corrected chi connectivity index (χ3v) is 15.8. The van der Waals surface area contributed by atoms with E-state index in [4.69, 9.17) is 31.3 Å². The average Bonchev–Trinajstić information content (AvgIpc) is 0.882. The summed E-state index contributed by atoms with van der Waals surface area (Å²) in [5.74, 6) is 1.42. The molecule has 3 heterocycles. The Morgan fingerprint density at radius 1 is 0.761 bits per heavy atom. The van der Waals surface area contributed by atoms with Gasteiger partial charge in [-0.05, 0) is 73.8 Å². The summed E-state index contributed by atoms with van der Waals surface area (Å²) < 4.78 is 50.4. The molecular weight excluding hydrogens is 1350 g/mol. The number of benzene rings is 4. The van der Waals surface area contributed by atoms with Crippen LogP contribution < -0.4 is 164 Å². The van der Waals surface area contributed by atoms with Crippen LogP contribution in [0.3, 0.4) is 0 Å². The van der Waals surface area contributed by atoms with E-state index in [9.17, 15) is 52.0 Å². The monoisotopic (exact) mass is 1420 g/mol. The number of nitrogens with two attached hydrogens (primary N) is 2. The van der Waals surface area contributed by atoms with E-state index in [0.717, 1.165) is 10.6 Å². The van der Waals surface area contributed by atoms with E-state index in [-0.39, 0.29) is 227 Å². The summed E-state index contributed by atoms with van der Waals surface area (Å²) in [5, 5.41) is 55.5. The summed E-state index contributed by atoms with van der Waals surface area (Å²) >= 11 is 0. The molecule has 3 aromatic heterocycles. The van der Waals surface area contributed by atoms with Crippen LogP contribution in [-0.2, 0) is 65.4 Å². The zero-order valence-electron chi connectivity index (χ0n) is 50.7. The van der Waals surface area contributed by atoms with E-state index in [1.165, 1.54) is 30.6 Å². The Balaban J connectivity index is 0.000000849. The van der Waals surface area contributed by atoms with Crippen LogP contribution in [0.25, 0.3) is 11.2 Å². The van der Waals surface area contributed by atoms with Crippen LogP contribution >= 0.6 is 7.92 Å². The molecule has 0 saturated heterocycles. The third-order valence-electron chi connectivity index (χ3n) is 12.3. The topological polar surface area (TPSA) is 465 Å². The van der Waals surface area contributed by atoms with Gasteiger partial charge in [-0.25, -0.2) is 36.3 Å². The Labute approximate surface area is 611 Å². The number of aromatic amines is 1. The van der Waals surface area contributed by atoms with Crippen molar-refractivity contribution in [3.63, 3.8) is 0 Å². The maximum atomic E-state index is 12.7. The summed E-state index contributed by atoms with van der Waals surface area (Å²) in [6, 6.07) is 33.8. The van der Waals surface area contributed by atoms with Gasteiger partial charge in [-0.1, -0.05) is 78.9 Å². The maximum absolute atomic E-state index is 12.7. The van der Waals surface area contributed by atoms with E-state index in [1.54, 1.807) is 42.5 Å². The van der Waals surface area contributed by atoms with Gasteiger partial charge in [0.25, 0.3) is 17.4 Å². The molecule has 35 heteroatoms. The number of nitrogens with zero attached hydrogens (tertiary/aromatic N) is 4. The van der Waals surface area contributed by atoms with Gasteiger partial charge in [-0.2, -0.15) is 4.98 Å². The number of H-pyrrole nitrogens is 1. The van der Waals surface area contributed by atoms with Crippen molar-refractivity contribution in [2.24, 2.45) is 5.84 Å². The van der Waals surface area contributed by atoms with Crippen molar-refractivity contribution in [3.05, 3.63) is 168 Å². The quantitative estimate of drug-likeness (QED) is 0.00355. The van der Waals surface area contributed by atoms with E-state index >= 15 is 0 Å². The SMILES string of the molecule is NNc1ccc(C(=O)NCCOCCOCCNC(=O)CCC(NC(=O)c2ccc(NCc3cnc4nc(N)[nH]c(=O)c4n3)cc2)C(=O)[O-])cn1.O=S(=O)([O-])c1ccccc1P(c1ccccc1)c1ccccc1.[99Tc].[CH2-]OCC(CO)(CCO)NCC(=O)[O-].[Na+].[Na+].[Na+]. The molecule has 7 aromatic rings.